The smallest absolute Gasteiger partial charge is 0.241 e. The molecular formula is C16H24Cl2N4O. The molecule has 0 spiro atoms. The number of benzene rings is 1. The number of carbonyl (C=O) groups is 1. The summed E-state index contributed by atoms with van der Waals surface area (Å²) in [4.78, 5) is 14.8. The van der Waals surface area contributed by atoms with Crippen molar-refractivity contribution in [2.45, 2.75) is 37.4 Å². The summed E-state index contributed by atoms with van der Waals surface area (Å²) in [5.41, 5.74) is 7.56. The van der Waals surface area contributed by atoms with Gasteiger partial charge in [0.15, 0.2) is 0 Å². The highest BCUT2D eigenvalue weighted by atomic mass is 35.5. The molecule has 5 nitrogen and oxygen atoms in total. The molecule has 1 amide bonds. The molecule has 3 rings (SSSR count). The molecule has 3 N–H and O–H groups in total. The summed E-state index contributed by atoms with van der Waals surface area (Å²) in [5.74, 6) is 0.210. The predicted octanol–water partition coefficient (Wildman–Crippen LogP) is 1.88. The van der Waals surface area contributed by atoms with Crippen LogP contribution in [0.2, 0.25) is 5.02 Å². The Kier molecular flexibility index (Phi) is 6.68. The second-order valence-corrected chi connectivity index (χ2v) is 6.50. The Hall–Kier alpha value is -0.850. The molecule has 3 atom stereocenters. The highest BCUT2D eigenvalue weighted by Crippen LogP contribution is 2.26. The number of nitrogens with one attached hydrogen (secondary N) is 3. The van der Waals surface area contributed by atoms with Crippen molar-refractivity contribution >= 4 is 29.9 Å². The van der Waals surface area contributed by atoms with Gasteiger partial charge in [-0.15, -0.1) is 12.4 Å². The monoisotopic (exact) mass is 358 g/mol. The van der Waals surface area contributed by atoms with Crippen molar-refractivity contribution in [1.29, 1.82) is 0 Å². The van der Waals surface area contributed by atoms with Gasteiger partial charge in [-0.2, -0.15) is 0 Å². The van der Waals surface area contributed by atoms with Gasteiger partial charge in [0.1, 0.15) is 6.04 Å². The van der Waals surface area contributed by atoms with Gasteiger partial charge in [0.2, 0.25) is 5.91 Å². The fourth-order valence-corrected chi connectivity index (χ4v) is 3.53. The summed E-state index contributed by atoms with van der Waals surface area (Å²) in [5, 5.41) is 3.91. The number of likely N-dealkylation sites (N-methyl/N-ethyl adjacent to an activating group) is 1. The van der Waals surface area contributed by atoms with Crippen LogP contribution in [0.3, 0.4) is 0 Å². The molecule has 0 bridgehead atoms. The number of carbonyl (C=O) groups excluding carboxylic acids is 1. The summed E-state index contributed by atoms with van der Waals surface area (Å²) in [6.45, 7) is 1.74. The van der Waals surface area contributed by atoms with Gasteiger partial charge in [0, 0.05) is 30.2 Å². The summed E-state index contributed by atoms with van der Waals surface area (Å²) in [6, 6.07) is 8.11. The number of hydrazine groups is 1. The molecule has 0 aliphatic carbocycles. The average molecular weight is 359 g/mol. The van der Waals surface area contributed by atoms with Gasteiger partial charge in [-0.3, -0.25) is 4.79 Å². The topological polar surface area (TPSA) is 56.4 Å². The van der Waals surface area contributed by atoms with E-state index in [-0.39, 0.29) is 30.4 Å². The zero-order valence-corrected chi connectivity index (χ0v) is 14.8. The number of likely N-dealkylation sites (tertiary alicyclic amines) is 1. The lowest BCUT2D eigenvalue weighted by molar-refractivity contribution is -0.133. The molecule has 2 aliphatic heterocycles. The third kappa shape index (κ3) is 4.17. The summed E-state index contributed by atoms with van der Waals surface area (Å²) >= 11 is 5.93. The fourth-order valence-electron chi connectivity index (χ4n) is 3.41. The standard InChI is InChI=1S/C16H23ClN4O.ClH/c1-18-10-13-3-2-8-21(13)16(22)15-9-14(19-20-15)11-4-6-12(17)7-5-11;/h4-7,13-15,18-20H,2-3,8-10H2,1H3;1H. The quantitative estimate of drug-likeness (QED) is 0.769. The lowest BCUT2D eigenvalue weighted by Crippen LogP contribution is -2.49. The predicted molar refractivity (Wildman–Crippen MR) is 94.8 cm³/mol. The zero-order valence-electron chi connectivity index (χ0n) is 13.2. The van der Waals surface area contributed by atoms with Crippen LogP contribution in [0, 0.1) is 0 Å². The van der Waals surface area contributed by atoms with Crippen LogP contribution in [-0.2, 0) is 4.79 Å². The molecule has 1 aromatic carbocycles. The first-order valence-electron chi connectivity index (χ1n) is 7.90. The first-order chi connectivity index (χ1) is 10.7. The Morgan fingerprint density at radius 1 is 1.35 bits per heavy atom. The first-order valence-corrected chi connectivity index (χ1v) is 8.28. The molecule has 0 saturated carbocycles. The summed E-state index contributed by atoms with van der Waals surface area (Å²) < 4.78 is 0. The molecular weight excluding hydrogens is 335 g/mol. The third-order valence-corrected chi connectivity index (χ3v) is 4.83. The van der Waals surface area contributed by atoms with E-state index in [4.69, 9.17) is 11.6 Å². The van der Waals surface area contributed by atoms with Crippen LogP contribution >= 0.6 is 24.0 Å². The maximum atomic E-state index is 12.7. The minimum atomic E-state index is -0.155. The lowest BCUT2D eigenvalue weighted by Gasteiger charge is -2.27. The number of halogens is 2. The maximum absolute atomic E-state index is 12.7. The number of hydrogen-bond acceptors (Lipinski definition) is 4. The van der Waals surface area contributed by atoms with Crippen molar-refractivity contribution in [3.05, 3.63) is 34.9 Å². The van der Waals surface area contributed by atoms with E-state index in [1.54, 1.807) is 0 Å². The minimum Gasteiger partial charge on any atom is -0.337 e. The second-order valence-electron chi connectivity index (χ2n) is 6.07. The Morgan fingerprint density at radius 3 is 2.78 bits per heavy atom. The normalized spacial score (nSPS) is 27.0. The minimum absolute atomic E-state index is 0. The van der Waals surface area contributed by atoms with E-state index < -0.39 is 0 Å². The van der Waals surface area contributed by atoms with Gasteiger partial charge in [-0.25, -0.2) is 10.9 Å². The van der Waals surface area contributed by atoms with Crippen LogP contribution in [0.5, 0.6) is 0 Å². The van der Waals surface area contributed by atoms with Crippen LogP contribution in [0.15, 0.2) is 24.3 Å². The van der Waals surface area contributed by atoms with E-state index in [1.807, 2.05) is 36.2 Å². The van der Waals surface area contributed by atoms with Crippen molar-refractivity contribution in [1.82, 2.24) is 21.1 Å². The second kappa shape index (κ2) is 8.31. The van der Waals surface area contributed by atoms with Crippen LogP contribution < -0.4 is 16.2 Å². The van der Waals surface area contributed by atoms with Gasteiger partial charge < -0.3 is 10.2 Å². The van der Waals surface area contributed by atoms with E-state index in [0.717, 1.165) is 42.9 Å². The van der Waals surface area contributed by atoms with Crippen LogP contribution in [0.1, 0.15) is 30.9 Å². The summed E-state index contributed by atoms with van der Waals surface area (Å²) in [7, 11) is 1.94. The van der Waals surface area contributed by atoms with Crippen molar-refractivity contribution in [3.8, 4) is 0 Å². The Labute approximate surface area is 148 Å². The Balaban J connectivity index is 0.00000192. The van der Waals surface area contributed by atoms with E-state index in [1.165, 1.54) is 0 Å². The molecule has 2 heterocycles. The molecule has 0 aromatic heterocycles. The van der Waals surface area contributed by atoms with Crippen molar-refractivity contribution < 1.29 is 4.79 Å². The third-order valence-electron chi connectivity index (χ3n) is 4.57. The SMILES string of the molecule is CNCC1CCCN1C(=O)C1CC(c2ccc(Cl)cc2)NN1.Cl. The highest BCUT2D eigenvalue weighted by molar-refractivity contribution is 6.30. The van der Waals surface area contributed by atoms with E-state index in [9.17, 15) is 4.79 Å². The molecule has 3 unspecified atom stereocenters. The zero-order chi connectivity index (χ0) is 15.5. The van der Waals surface area contributed by atoms with E-state index in [2.05, 4.69) is 16.2 Å². The lowest BCUT2D eigenvalue weighted by atomic mass is 10.0. The average Bonchev–Trinajstić information content (AvgIpc) is 3.17. The maximum Gasteiger partial charge on any atom is 0.241 e. The number of rotatable bonds is 4. The molecule has 1 aromatic rings. The fraction of sp³-hybridized carbons (Fsp3) is 0.562. The summed E-state index contributed by atoms with van der Waals surface area (Å²) in [6.07, 6.45) is 2.95. The Bertz CT molecular complexity index is 525. The highest BCUT2D eigenvalue weighted by Gasteiger charge is 2.36. The van der Waals surface area contributed by atoms with Gasteiger partial charge in [0.25, 0.3) is 0 Å². The van der Waals surface area contributed by atoms with Crippen LogP contribution in [0.4, 0.5) is 0 Å². The van der Waals surface area contributed by atoms with Gasteiger partial charge in [-0.1, -0.05) is 23.7 Å². The van der Waals surface area contributed by atoms with E-state index >= 15 is 0 Å². The van der Waals surface area contributed by atoms with Gasteiger partial charge in [-0.05, 0) is 44.0 Å². The van der Waals surface area contributed by atoms with E-state index in [0.29, 0.717) is 6.04 Å². The number of nitrogens with zero attached hydrogens (tertiary/aromatic N) is 1. The van der Waals surface area contributed by atoms with Gasteiger partial charge in [0.05, 0.1) is 0 Å². The molecule has 2 aliphatic rings. The van der Waals surface area contributed by atoms with Crippen molar-refractivity contribution in [2.24, 2.45) is 0 Å². The number of hydrogen-bond donors (Lipinski definition) is 3. The molecule has 128 valence electrons. The first kappa shape index (κ1) is 18.5. The van der Waals surface area contributed by atoms with Crippen molar-refractivity contribution in [2.75, 3.05) is 20.1 Å². The molecule has 2 fully saturated rings. The molecule has 2 saturated heterocycles. The van der Waals surface area contributed by atoms with Crippen LogP contribution in [0.25, 0.3) is 0 Å². The van der Waals surface area contributed by atoms with Gasteiger partial charge >= 0.3 is 0 Å². The van der Waals surface area contributed by atoms with Crippen LogP contribution in [-0.4, -0.2) is 43.0 Å². The molecule has 23 heavy (non-hydrogen) atoms. The Morgan fingerprint density at radius 2 is 2.09 bits per heavy atom. The van der Waals surface area contributed by atoms with Crippen molar-refractivity contribution in [3.63, 3.8) is 0 Å². The number of amides is 1. The largest absolute Gasteiger partial charge is 0.337 e. The molecule has 0 radical (unpaired) electrons. The molecule has 7 heteroatoms.